The van der Waals surface area contributed by atoms with Crippen molar-refractivity contribution in [2.45, 2.75) is 6.42 Å². The third-order valence-corrected chi connectivity index (χ3v) is 2.08. The molecule has 0 aliphatic carbocycles. The average molecular weight is 185 g/mol. The Hall–Kier alpha value is -0.840. The predicted molar refractivity (Wildman–Crippen MR) is 48.1 cm³/mol. The molecule has 0 saturated heterocycles. The summed E-state index contributed by atoms with van der Waals surface area (Å²) in [5, 5.41) is 3.88. The van der Waals surface area contributed by atoms with Crippen molar-refractivity contribution in [3.8, 4) is 0 Å². The van der Waals surface area contributed by atoms with Gasteiger partial charge in [-0.3, -0.25) is 9.48 Å². The lowest BCUT2D eigenvalue weighted by Gasteiger charge is -1.97. The second-order valence-corrected chi connectivity index (χ2v) is 3.31. The molecule has 0 aliphatic heterocycles. The molecular weight excluding hydrogens is 174 g/mol. The Morgan fingerprint density at radius 1 is 1.75 bits per heavy atom. The van der Waals surface area contributed by atoms with E-state index >= 15 is 0 Å². The molecular formula is C7H11N3OS. The minimum absolute atomic E-state index is 0.193. The minimum Gasteiger partial charge on any atom is -0.298 e. The maximum atomic E-state index is 11.2. The summed E-state index contributed by atoms with van der Waals surface area (Å²) >= 11 is 1.53. The second-order valence-electron chi connectivity index (χ2n) is 2.45. The van der Waals surface area contributed by atoms with Crippen molar-refractivity contribution in [3.05, 3.63) is 12.2 Å². The maximum absolute atomic E-state index is 11.2. The van der Waals surface area contributed by atoms with E-state index in [1.807, 2.05) is 6.26 Å². The molecule has 66 valence electrons. The van der Waals surface area contributed by atoms with Crippen LogP contribution in [0.4, 0.5) is 0 Å². The number of carbonyl (C=O) groups is 1. The van der Waals surface area contributed by atoms with Crippen LogP contribution in [-0.2, 0) is 18.3 Å². The van der Waals surface area contributed by atoms with Gasteiger partial charge < -0.3 is 0 Å². The van der Waals surface area contributed by atoms with Gasteiger partial charge in [-0.15, -0.1) is 0 Å². The minimum atomic E-state index is 0.193. The van der Waals surface area contributed by atoms with E-state index < -0.39 is 0 Å². The smallest absolute Gasteiger partial charge is 0.150 e. The van der Waals surface area contributed by atoms with Crippen LogP contribution in [0.3, 0.4) is 0 Å². The summed E-state index contributed by atoms with van der Waals surface area (Å²) in [7, 11) is 1.79. The number of rotatable bonds is 4. The quantitative estimate of drug-likeness (QED) is 0.676. The van der Waals surface area contributed by atoms with Gasteiger partial charge in [0.2, 0.25) is 0 Å². The van der Waals surface area contributed by atoms with Gasteiger partial charge in [-0.05, 0) is 6.26 Å². The van der Waals surface area contributed by atoms with Crippen LogP contribution in [0.1, 0.15) is 5.82 Å². The molecule has 0 fully saturated rings. The molecule has 1 aromatic heterocycles. The lowest BCUT2D eigenvalue weighted by Crippen LogP contribution is -2.10. The van der Waals surface area contributed by atoms with Crippen LogP contribution in [0.25, 0.3) is 0 Å². The zero-order valence-corrected chi connectivity index (χ0v) is 7.97. The van der Waals surface area contributed by atoms with E-state index in [0.29, 0.717) is 12.2 Å². The first kappa shape index (κ1) is 9.25. The molecule has 1 heterocycles. The summed E-state index contributed by atoms with van der Waals surface area (Å²) in [6, 6.07) is 0. The van der Waals surface area contributed by atoms with Gasteiger partial charge in [0.05, 0.1) is 12.2 Å². The molecule has 4 nitrogen and oxygen atoms in total. The lowest BCUT2D eigenvalue weighted by atomic mass is 10.3. The van der Waals surface area contributed by atoms with Crippen molar-refractivity contribution >= 4 is 17.5 Å². The summed E-state index contributed by atoms with van der Waals surface area (Å²) in [4.78, 5) is 15.1. The summed E-state index contributed by atoms with van der Waals surface area (Å²) in [5.41, 5.74) is 0. The van der Waals surface area contributed by atoms with Crippen LogP contribution in [-0.4, -0.2) is 32.6 Å². The summed E-state index contributed by atoms with van der Waals surface area (Å²) < 4.78 is 1.62. The van der Waals surface area contributed by atoms with Gasteiger partial charge in [-0.25, -0.2) is 4.98 Å². The zero-order chi connectivity index (χ0) is 8.97. The number of thioether (sulfide) groups is 1. The standard InChI is InChI=1S/C7H11N3OS/c1-10-7(8-5-9-10)3-6(11)4-12-2/h5H,3-4H2,1-2H3. The van der Waals surface area contributed by atoms with Gasteiger partial charge in [-0.1, -0.05) is 0 Å². The van der Waals surface area contributed by atoms with Gasteiger partial charge in [0, 0.05) is 7.05 Å². The van der Waals surface area contributed by atoms with Crippen LogP contribution in [0, 0.1) is 0 Å². The van der Waals surface area contributed by atoms with Crippen molar-refractivity contribution in [3.63, 3.8) is 0 Å². The fourth-order valence-corrected chi connectivity index (χ4v) is 1.29. The molecule has 5 heteroatoms. The number of aryl methyl sites for hydroxylation is 1. The molecule has 0 spiro atoms. The van der Waals surface area contributed by atoms with Crippen LogP contribution in [0.5, 0.6) is 0 Å². The van der Waals surface area contributed by atoms with Gasteiger partial charge in [-0.2, -0.15) is 16.9 Å². The number of hydrogen-bond acceptors (Lipinski definition) is 4. The van der Waals surface area contributed by atoms with E-state index in [0.717, 1.165) is 5.82 Å². The van der Waals surface area contributed by atoms with Crippen molar-refractivity contribution in [1.29, 1.82) is 0 Å². The highest BCUT2D eigenvalue weighted by atomic mass is 32.2. The summed E-state index contributed by atoms with van der Waals surface area (Å²) in [6.07, 6.45) is 3.76. The first-order valence-electron chi connectivity index (χ1n) is 3.57. The highest BCUT2D eigenvalue weighted by molar-refractivity contribution is 7.99. The molecule has 12 heavy (non-hydrogen) atoms. The van der Waals surface area contributed by atoms with E-state index in [4.69, 9.17) is 0 Å². The Bertz CT molecular complexity index is 271. The molecule has 0 N–H and O–H groups in total. The number of aromatic nitrogens is 3. The molecule has 0 radical (unpaired) electrons. The van der Waals surface area contributed by atoms with Crippen LogP contribution < -0.4 is 0 Å². The first-order chi connectivity index (χ1) is 5.74. The number of Topliss-reactive ketones (excluding diaryl/α,β-unsaturated/α-hetero) is 1. The van der Waals surface area contributed by atoms with E-state index in [1.54, 1.807) is 11.7 Å². The molecule has 0 aromatic carbocycles. The van der Waals surface area contributed by atoms with Crippen molar-refractivity contribution in [2.24, 2.45) is 7.05 Å². The molecule has 0 amide bonds. The number of nitrogens with zero attached hydrogens (tertiary/aromatic N) is 3. The first-order valence-corrected chi connectivity index (χ1v) is 4.97. The van der Waals surface area contributed by atoms with Crippen LogP contribution in [0.2, 0.25) is 0 Å². The van der Waals surface area contributed by atoms with Crippen LogP contribution >= 0.6 is 11.8 Å². The summed E-state index contributed by atoms with van der Waals surface area (Å²) in [5.74, 6) is 1.47. The predicted octanol–water partition coefficient (Wildman–Crippen LogP) is 0.290. The van der Waals surface area contributed by atoms with Crippen molar-refractivity contribution in [2.75, 3.05) is 12.0 Å². The molecule has 1 rings (SSSR count). The molecule has 0 bridgehead atoms. The maximum Gasteiger partial charge on any atom is 0.150 e. The molecule has 0 atom stereocenters. The molecule has 0 aliphatic rings. The fourth-order valence-electron chi connectivity index (χ4n) is 0.869. The SMILES string of the molecule is CSCC(=O)Cc1ncnn1C. The Labute approximate surface area is 75.4 Å². The Balaban J connectivity index is 2.52. The molecule has 0 unspecified atom stereocenters. The van der Waals surface area contributed by atoms with E-state index in [-0.39, 0.29) is 5.78 Å². The lowest BCUT2D eigenvalue weighted by molar-refractivity contribution is -0.116. The topological polar surface area (TPSA) is 47.8 Å². The van der Waals surface area contributed by atoms with Gasteiger partial charge >= 0.3 is 0 Å². The van der Waals surface area contributed by atoms with Gasteiger partial charge in [0.25, 0.3) is 0 Å². The highest BCUT2D eigenvalue weighted by Gasteiger charge is 2.06. The van der Waals surface area contributed by atoms with Crippen molar-refractivity contribution < 1.29 is 4.79 Å². The van der Waals surface area contributed by atoms with Crippen molar-refractivity contribution in [1.82, 2.24) is 14.8 Å². The highest BCUT2D eigenvalue weighted by Crippen LogP contribution is 1.98. The Kier molecular flexibility index (Phi) is 3.28. The van der Waals surface area contributed by atoms with E-state index in [2.05, 4.69) is 10.1 Å². The molecule has 0 saturated carbocycles. The Morgan fingerprint density at radius 3 is 3.00 bits per heavy atom. The fraction of sp³-hybridized carbons (Fsp3) is 0.571. The summed E-state index contributed by atoms with van der Waals surface area (Å²) in [6.45, 7) is 0. The van der Waals surface area contributed by atoms with Gasteiger partial charge in [0.15, 0.2) is 0 Å². The Morgan fingerprint density at radius 2 is 2.50 bits per heavy atom. The number of ketones is 1. The largest absolute Gasteiger partial charge is 0.298 e. The number of carbonyl (C=O) groups excluding carboxylic acids is 1. The second kappa shape index (κ2) is 4.25. The normalized spacial score (nSPS) is 10.2. The zero-order valence-electron chi connectivity index (χ0n) is 7.15. The monoisotopic (exact) mass is 185 g/mol. The third kappa shape index (κ3) is 2.34. The third-order valence-electron chi connectivity index (χ3n) is 1.47. The van der Waals surface area contributed by atoms with Crippen LogP contribution in [0.15, 0.2) is 6.33 Å². The molecule has 1 aromatic rings. The average Bonchev–Trinajstić information content (AvgIpc) is 2.37. The van der Waals surface area contributed by atoms with E-state index in [1.165, 1.54) is 18.1 Å². The number of hydrogen-bond donors (Lipinski definition) is 0. The van der Waals surface area contributed by atoms with Gasteiger partial charge in [0.1, 0.15) is 17.9 Å². The van der Waals surface area contributed by atoms with E-state index in [9.17, 15) is 4.79 Å².